The van der Waals surface area contributed by atoms with Crippen LogP contribution in [-0.4, -0.2) is 44.0 Å². The number of imidazole rings is 1. The summed E-state index contributed by atoms with van der Waals surface area (Å²) in [5.74, 6) is 1.43. The van der Waals surface area contributed by atoms with Crippen LogP contribution in [0.2, 0.25) is 0 Å². The molecule has 4 aromatic rings. The van der Waals surface area contributed by atoms with Crippen LogP contribution >= 0.6 is 0 Å². The minimum Gasteiger partial charge on any atom is -0.399 e. The molecule has 5 rings (SSSR count). The number of hydrogen-bond donors (Lipinski definition) is 3. The van der Waals surface area contributed by atoms with Crippen molar-refractivity contribution in [3.05, 3.63) is 66.5 Å². The highest BCUT2D eigenvalue weighted by molar-refractivity contribution is 5.84. The maximum atomic E-state index is 5.95. The molecule has 2 aromatic heterocycles. The lowest BCUT2D eigenvalue weighted by Gasteiger charge is -2.32. The number of piperidine rings is 1. The van der Waals surface area contributed by atoms with Gasteiger partial charge in [-0.25, -0.2) is 15.0 Å². The number of benzene rings is 2. The topological polar surface area (TPSA) is 95.8 Å². The summed E-state index contributed by atoms with van der Waals surface area (Å²) in [4.78, 5) is 19.4. The Hall–Kier alpha value is -3.45. The van der Waals surface area contributed by atoms with Crippen LogP contribution < -0.4 is 11.1 Å². The van der Waals surface area contributed by atoms with Crippen molar-refractivity contribution in [2.45, 2.75) is 25.4 Å². The highest BCUT2D eigenvalue weighted by Crippen LogP contribution is 2.26. The van der Waals surface area contributed by atoms with Crippen LogP contribution in [0.4, 0.5) is 11.5 Å². The molecule has 30 heavy (non-hydrogen) atoms. The molecule has 2 aromatic carbocycles. The van der Waals surface area contributed by atoms with E-state index in [1.807, 2.05) is 24.3 Å². The van der Waals surface area contributed by atoms with Gasteiger partial charge in [-0.05, 0) is 30.5 Å². The van der Waals surface area contributed by atoms with Gasteiger partial charge in [0.05, 0.1) is 6.33 Å². The molecular formula is C23H25N7. The molecule has 1 fully saturated rings. The van der Waals surface area contributed by atoms with Gasteiger partial charge in [0.2, 0.25) is 0 Å². The zero-order chi connectivity index (χ0) is 20.3. The lowest BCUT2D eigenvalue weighted by atomic mass is 10.0. The van der Waals surface area contributed by atoms with Crippen LogP contribution in [0.25, 0.3) is 22.6 Å². The third kappa shape index (κ3) is 3.97. The molecule has 0 radical (unpaired) electrons. The van der Waals surface area contributed by atoms with E-state index in [4.69, 9.17) is 10.7 Å². The number of anilines is 2. The van der Waals surface area contributed by atoms with Gasteiger partial charge >= 0.3 is 0 Å². The number of aromatic amines is 1. The maximum Gasteiger partial charge on any atom is 0.183 e. The molecule has 0 saturated carbocycles. The Morgan fingerprint density at radius 3 is 2.67 bits per heavy atom. The summed E-state index contributed by atoms with van der Waals surface area (Å²) in [7, 11) is 0. The van der Waals surface area contributed by atoms with E-state index in [1.54, 1.807) is 6.33 Å². The molecule has 4 N–H and O–H groups in total. The van der Waals surface area contributed by atoms with Crippen LogP contribution in [-0.2, 0) is 6.54 Å². The van der Waals surface area contributed by atoms with Gasteiger partial charge in [0, 0.05) is 36.9 Å². The standard InChI is InChI=1S/C23H25N7/c24-18-8-4-7-17(13-18)21-28-22-20(25-15-26-22)23(29-21)27-19-9-11-30(12-10-19)14-16-5-2-1-3-6-16/h1-8,13,15,19H,9-12,14,24H2,(H2,25,26,27,28,29). The molecule has 0 spiro atoms. The minimum absolute atomic E-state index is 0.368. The van der Waals surface area contributed by atoms with Crippen molar-refractivity contribution in [2.75, 3.05) is 24.1 Å². The van der Waals surface area contributed by atoms with Crippen molar-refractivity contribution in [2.24, 2.45) is 0 Å². The highest BCUT2D eigenvalue weighted by Gasteiger charge is 2.21. The van der Waals surface area contributed by atoms with Crippen molar-refractivity contribution in [3.8, 4) is 11.4 Å². The fourth-order valence-corrected chi connectivity index (χ4v) is 4.01. The third-order valence-corrected chi connectivity index (χ3v) is 5.61. The first-order valence-corrected chi connectivity index (χ1v) is 10.3. The predicted octanol–water partition coefficient (Wildman–Crippen LogP) is 3.68. The Balaban J connectivity index is 1.31. The molecule has 1 aliphatic heterocycles. The van der Waals surface area contributed by atoms with Gasteiger partial charge in [-0.1, -0.05) is 42.5 Å². The Morgan fingerprint density at radius 2 is 1.87 bits per heavy atom. The Morgan fingerprint density at radius 1 is 1.03 bits per heavy atom. The first-order chi connectivity index (χ1) is 14.7. The molecule has 0 amide bonds. The number of aromatic nitrogens is 4. The van der Waals surface area contributed by atoms with Crippen LogP contribution in [0.3, 0.4) is 0 Å². The maximum absolute atomic E-state index is 5.95. The van der Waals surface area contributed by atoms with E-state index in [1.165, 1.54) is 5.56 Å². The smallest absolute Gasteiger partial charge is 0.183 e. The molecule has 1 aliphatic rings. The van der Waals surface area contributed by atoms with Crippen molar-refractivity contribution >= 4 is 22.7 Å². The van der Waals surface area contributed by atoms with Gasteiger partial charge in [-0.3, -0.25) is 4.90 Å². The molecule has 3 heterocycles. The number of H-pyrrole nitrogens is 1. The largest absolute Gasteiger partial charge is 0.399 e. The molecule has 0 unspecified atom stereocenters. The fraction of sp³-hybridized carbons (Fsp3) is 0.261. The normalized spacial score (nSPS) is 15.5. The zero-order valence-corrected chi connectivity index (χ0v) is 16.8. The number of rotatable bonds is 5. The predicted molar refractivity (Wildman–Crippen MR) is 120 cm³/mol. The number of nitrogens with two attached hydrogens (primary N) is 1. The van der Waals surface area contributed by atoms with Gasteiger partial charge in [0.25, 0.3) is 0 Å². The minimum atomic E-state index is 0.368. The van der Waals surface area contributed by atoms with Gasteiger partial charge in [0.1, 0.15) is 5.52 Å². The first-order valence-electron chi connectivity index (χ1n) is 10.3. The summed E-state index contributed by atoms with van der Waals surface area (Å²) in [6.07, 6.45) is 3.80. The Labute approximate surface area is 175 Å². The van der Waals surface area contributed by atoms with Crippen molar-refractivity contribution in [1.29, 1.82) is 0 Å². The van der Waals surface area contributed by atoms with E-state index < -0.39 is 0 Å². The summed E-state index contributed by atoms with van der Waals surface area (Å²) in [5, 5.41) is 3.64. The molecule has 0 bridgehead atoms. The number of nitrogen functional groups attached to an aromatic ring is 1. The second-order valence-electron chi connectivity index (χ2n) is 7.80. The Bertz CT molecular complexity index is 1130. The molecule has 0 aliphatic carbocycles. The van der Waals surface area contributed by atoms with Gasteiger partial charge in [0.15, 0.2) is 17.3 Å². The lowest BCUT2D eigenvalue weighted by molar-refractivity contribution is 0.211. The number of nitrogens with zero attached hydrogens (tertiary/aromatic N) is 4. The van der Waals surface area contributed by atoms with Crippen LogP contribution in [0.15, 0.2) is 60.9 Å². The van der Waals surface area contributed by atoms with Crippen molar-refractivity contribution in [3.63, 3.8) is 0 Å². The number of hydrogen-bond acceptors (Lipinski definition) is 6. The van der Waals surface area contributed by atoms with E-state index in [0.717, 1.165) is 49.4 Å². The number of fused-ring (bicyclic) bond motifs is 1. The molecule has 7 nitrogen and oxygen atoms in total. The summed E-state index contributed by atoms with van der Waals surface area (Å²) in [5.41, 5.74) is 10.4. The zero-order valence-electron chi connectivity index (χ0n) is 16.8. The molecule has 152 valence electrons. The second kappa shape index (κ2) is 8.12. The molecule has 7 heteroatoms. The van der Waals surface area contributed by atoms with Crippen molar-refractivity contribution < 1.29 is 0 Å². The van der Waals surface area contributed by atoms with Crippen LogP contribution in [0, 0.1) is 0 Å². The monoisotopic (exact) mass is 399 g/mol. The van der Waals surface area contributed by atoms with Gasteiger partial charge < -0.3 is 16.0 Å². The van der Waals surface area contributed by atoms with E-state index in [9.17, 15) is 0 Å². The second-order valence-corrected chi connectivity index (χ2v) is 7.80. The number of nitrogens with one attached hydrogen (secondary N) is 2. The summed E-state index contributed by atoms with van der Waals surface area (Å²) in [6.45, 7) is 3.13. The van der Waals surface area contributed by atoms with Gasteiger partial charge in [-0.2, -0.15) is 0 Å². The van der Waals surface area contributed by atoms with E-state index >= 15 is 0 Å². The van der Waals surface area contributed by atoms with Gasteiger partial charge in [-0.15, -0.1) is 0 Å². The van der Waals surface area contributed by atoms with Crippen LogP contribution in [0.1, 0.15) is 18.4 Å². The average Bonchev–Trinajstić information content (AvgIpc) is 3.25. The highest BCUT2D eigenvalue weighted by atomic mass is 15.2. The molecule has 0 atom stereocenters. The Kier molecular flexibility index (Phi) is 5.03. The number of likely N-dealkylation sites (tertiary alicyclic amines) is 1. The average molecular weight is 400 g/mol. The quantitative estimate of drug-likeness (QED) is 0.443. The SMILES string of the molecule is Nc1cccc(-c2nc(NC3CCN(Cc4ccccc4)CC3)c3[nH]cnc3n2)c1. The molecular weight excluding hydrogens is 374 g/mol. The van der Waals surface area contributed by atoms with E-state index in [-0.39, 0.29) is 0 Å². The molecule has 1 saturated heterocycles. The summed E-state index contributed by atoms with van der Waals surface area (Å²) >= 11 is 0. The first kappa shape index (κ1) is 18.6. The third-order valence-electron chi connectivity index (χ3n) is 5.61. The van der Waals surface area contributed by atoms with E-state index in [2.05, 4.69) is 55.5 Å². The lowest BCUT2D eigenvalue weighted by Crippen LogP contribution is -2.38. The van der Waals surface area contributed by atoms with Crippen molar-refractivity contribution in [1.82, 2.24) is 24.8 Å². The summed E-state index contributed by atoms with van der Waals surface area (Å²) in [6, 6.07) is 18.7. The fourth-order valence-electron chi connectivity index (χ4n) is 4.01. The van der Waals surface area contributed by atoms with E-state index in [0.29, 0.717) is 23.2 Å². The van der Waals surface area contributed by atoms with Crippen LogP contribution in [0.5, 0.6) is 0 Å². The summed E-state index contributed by atoms with van der Waals surface area (Å²) < 4.78 is 0.